The molecule has 1 fully saturated rings. The average molecular weight is 232 g/mol. The lowest BCUT2D eigenvalue weighted by molar-refractivity contribution is 0.322. The van der Waals surface area contributed by atoms with E-state index < -0.39 is 0 Å². The first kappa shape index (κ1) is 12.6. The Balaban J connectivity index is 1.97. The van der Waals surface area contributed by atoms with E-state index in [2.05, 4.69) is 48.9 Å². The van der Waals surface area contributed by atoms with E-state index in [9.17, 15) is 0 Å². The highest BCUT2D eigenvalue weighted by Gasteiger charge is 2.18. The van der Waals surface area contributed by atoms with Crippen LogP contribution in [0.25, 0.3) is 0 Å². The molecule has 1 saturated heterocycles. The topological polar surface area (TPSA) is 24.1 Å². The van der Waals surface area contributed by atoms with Crippen LogP contribution >= 0.6 is 0 Å². The molecule has 2 heteroatoms. The van der Waals surface area contributed by atoms with Crippen molar-refractivity contribution in [1.29, 1.82) is 0 Å². The lowest BCUT2D eigenvalue weighted by atomic mass is 9.89. The Morgan fingerprint density at radius 1 is 1.35 bits per heavy atom. The summed E-state index contributed by atoms with van der Waals surface area (Å²) in [6, 6.07) is 9.43. The van der Waals surface area contributed by atoms with Crippen molar-refractivity contribution in [3.63, 3.8) is 0 Å². The van der Waals surface area contributed by atoms with Gasteiger partial charge in [0.25, 0.3) is 0 Å². The molecule has 0 aliphatic carbocycles. The zero-order valence-corrected chi connectivity index (χ0v) is 11.0. The van der Waals surface area contributed by atoms with E-state index >= 15 is 0 Å². The Hall–Kier alpha value is -0.860. The Bertz CT molecular complexity index is 325. The number of rotatable bonds is 4. The smallest absolute Gasteiger partial charge is 0.0320 e. The van der Waals surface area contributed by atoms with E-state index in [1.165, 1.54) is 43.5 Å². The Morgan fingerprint density at radius 2 is 2.12 bits per heavy atom. The van der Waals surface area contributed by atoms with E-state index in [1.54, 1.807) is 0 Å². The minimum absolute atomic E-state index is 0.500. The maximum atomic E-state index is 3.50. The van der Waals surface area contributed by atoms with E-state index in [0.717, 1.165) is 5.92 Å². The fourth-order valence-electron chi connectivity index (χ4n) is 2.68. The molecule has 2 nitrogen and oxygen atoms in total. The standard InChI is InChI=1S/C15H24N2/c1-12-5-7-14(8-6-12)15(16-2)10-13-4-3-9-17-11-13/h5-8,13,15-17H,3-4,9-11H2,1-2H3. The summed E-state index contributed by atoms with van der Waals surface area (Å²) in [4.78, 5) is 0. The summed E-state index contributed by atoms with van der Waals surface area (Å²) in [6.45, 7) is 4.53. The molecule has 0 radical (unpaired) electrons. The third kappa shape index (κ3) is 3.55. The molecular weight excluding hydrogens is 208 g/mol. The summed E-state index contributed by atoms with van der Waals surface area (Å²) in [5.74, 6) is 0.822. The summed E-state index contributed by atoms with van der Waals surface area (Å²) in [5, 5.41) is 6.95. The first-order valence-corrected chi connectivity index (χ1v) is 6.74. The summed E-state index contributed by atoms with van der Waals surface area (Å²) < 4.78 is 0. The van der Waals surface area contributed by atoms with Crippen molar-refractivity contribution in [2.24, 2.45) is 5.92 Å². The molecule has 1 aromatic rings. The lowest BCUT2D eigenvalue weighted by Crippen LogP contribution is -2.32. The molecule has 2 N–H and O–H groups in total. The highest BCUT2D eigenvalue weighted by molar-refractivity contribution is 5.24. The molecule has 1 aliphatic heterocycles. The third-order valence-electron chi connectivity index (χ3n) is 3.80. The molecule has 2 atom stereocenters. The fourth-order valence-corrected chi connectivity index (χ4v) is 2.68. The van der Waals surface area contributed by atoms with Crippen LogP contribution in [0.2, 0.25) is 0 Å². The van der Waals surface area contributed by atoms with Crippen LogP contribution in [0.1, 0.15) is 36.4 Å². The van der Waals surface area contributed by atoms with Crippen LogP contribution in [-0.4, -0.2) is 20.1 Å². The predicted octanol–water partition coefficient (Wildman–Crippen LogP) is 2.65. The monoisotopic (exact) mass is 232 g/mol. The van der Waals surface area contributed by atoms with Crippen molar-refractivity contribution in [2.75, 3.05) is 20.1 Å². The fraction of sp³-hybridized carbons (Fsp3) is 0.600. The summed E-state index contributed by atoms with van der Waals surface area (Å²) in [7, 11) is 2.07. The lowest BCUT2D eigenvalue weighted by Gasteiger charge is -2.27. The van der Waals surface area contributed by atoms with Gasteiger partial charge < -0.3 is 10.6 Å². The maximum absolute atomic E-state index is 3.50. The van der Waals surface area contributed by atoms with Crippen molar-refractivity contribution in [3.05, 3.63) is 35.4 Å². The number of nitrogens with one attached hydrogen (secondary N) is 2. The quantitative estimate of drug-likeness (QED) is 0.834. The third-order valence-corrected chi connectivity index (χ3v) is 3.80. The molecule has 1 heterocycles. The maximum Gasteiger partial charge on any atom is 0.0320 e. The SMILES string of the molecule is CNC(CC1CCCNC1)c1ccc(C)cc1. The van der Waals surface area contributed by atoms with E-state index in [0.29, 0.717) is 6.04 Å². The van der Waals surface area contributed by atoms with Gasteiger partial charge in [0, 0.05) is 6.04 Å². The number of hydrogen-bond donors (Lipinski definition) is 2. The van der Waals surface area contributed by atoms with Crippen molar-refractivity contribution >= 4 is 0 Å². The van der Waals surface area contributed by atoms with Gasteiger partial charge in [0.1, 0.15) is 0 Å². The van der Waals surface area contributed by atoms with Crippen molar-refractivity contribution in [1.82, 2.24) is 10.6 Å². The van der Waals surface area contributed by atoms with Gasteiger partial charge in [0.2, 0.25) is 0 Å². The van der Waals surface area contributed by atoms with E-state index in [-0.39, 0.29) is 0 Å². The zero-order chi connectivity index (χ0) is 12.1. The average Bonchev–Trinajstić information content (AvgIpc) is 2.38. The minimum atomic E-state index is 0.500. The van der Waals surface area contributed by atoms with Crippen molar-refractivity contribution < 1.29 is 0 Å². The Morgan fingerprint density at radius 3 is 2.71 bits per heavy atom. The summed E-state index contributed by atoms with van der Waals surface area (Å²) in [6.07, 6.45) is 3.94. The van der Waals surface area contributed by atoms with Crippen LogP contribution in [0.5, 0.6) is 0 Å². The van der Waals surface area contributed by atoms with Crippen LogP contribution in [0.15, 0.2) is 24.3 Å². The molecular formula is C15H24N2. The van der Waals surface area contributed by atoms with E-state index in [1.807, 2.05) is 0 Å². The molecule has 0 bridgehead atoms. The van der Waals surface area contributed by atoms with Gasteiger partial charge in [-0.2, -0.15) is 0 Å². The zero-order valence-electron chi connectivity index (χ0n) is 11.0. The largest absolute Gasteiger partial charge is 0.316 e. The van der Waals surface area contributed by atoms with Gasteiger partial charge in [-0.05, 0) is 57.8 Å². The molecule has 0 spiro atoms. The molecule has 1 aliphatic rings. The highest BCUT2D eigenvalue weighted by atomic mass is 14.9. The van der Waals surface area contributed by atoms with Crippen molar-refractivity contribution in [2.45, 2.75) is 32.2 Å². The number of aryl methyl sites for hydroxylation is 1. The number of piperidine rings is 1. The first-order chi connectivity index (χ1) is 8.29. The number of hydrogen-bond acceptors (Lipinski definition) is 2. The predicted molar refractivity (Wildman–Crippen MR) is 73.2 cm³/mol. The van der Waals surface area contributed by atoms with Gasteiger partial charge in [-0.3, -0.25) is 0 Å². The van der Waals surface area contributed by atoms with E-state index in [4.69, 9.17) is 0 Å². The molecule has 0 aromatic heterocycles. The van der Waals surface area contributed by atoms with Crippen LogP contribution in [0, 0.1) is 12.8 Å². The van der Waals surface area contributed by atoms with Crippen LogP contribution in [0.4, 0.5) is 0 Å². The van der Waals surface area contributed by atoms with Gasteiger partial charge >= 0.3 is 0 Å². The first-order valence-electron chi connectivity index (χ1n) is 6.74. The molecule has 94 valence electrons. The van der Waals surface area contributed by atoms with Crippen molar-refractivity contribution in [3.8, 4) is 0 Å². The molecule has 0 saturated carbocycles. The Kier molecular flexibility index (Phi) is 4.57. The summed E-state index contributed by atoms with van der Waals surface area (Å²) in [5.41, 5.74) is 2.76. The minimum Gasteiger partial charge on any atom is -0.316 e. The van der Waals surface area contributed by atoms with Gasteiger partial charge in [0.05, 0.1) is 0 Å². The molecule has 1 aromatic carbocycles. The second-order valence-electron chi connectivity index (χ2n) is 5.20. The van der Waals surface area contributed by atoms with Gasteiger partial charge in [0.15, 0.2) is 0 Å². The second-order valence-corrected chi connectivity index (χ2v) is 5.20. The highest BCUT2D eigenvalue weighted by Crippen LogP contribution is 2.25. The van der Waals surface area contributed by atoms with Crippen LogP contribution < -0.4 is 10.6 Å². The molecule has 2 unspecified atom stereocenters. The molecule has 0 amide bonds. The van der Waals surface area contributed by atoms with Crippen LogP contribution in [0.3, 0.4) is 0 Å². The van der Waals surface area contributed by atoms with Gasteiger partial charge in [-0.15, -0.1) is 0 Å². The molecule has 17 heavy (non-hydrogen) atoms. The Labute approximate surface area is 105 Å². The van der Waals surface area contributed by atoms with Gasteiger partial charge in [-0.1, -0.05) is 29.8 Å². The van der Waals surface area contributed by atoms with Gasteiger partial charge in [-0.25, -0.2) is 0 Å². The second kappa shape index (κ2) is 6.18. The number of benzene rings is 1. The summed E-state index contributed by atoms with van der Waals surface area (Å²) >= 11 is 0. The normalized spacial score (nSPS) is 22.4. The van der Waals surface area contributed by atoms with Crippen LogP contribution in [-0.2, 0) is 0 Å². The molecule has 2 rings (SSSR count).